The number of carbonyl (C=O) groups excluding carboxylic acids is 2. The van der Waals surface area contributed by atoms with Gasteiger partial charge >= 0.3 is 0 Å². The molecule has 1 aliphatic heterocycles. The molecule has 2 aromatic rings. The number of nitrogens with zero attached hydrogens (tertiary/aromatic N) is 2. The zero-order chi connectivity index (χ0) is 18.2. The molecular weight excluding hydrogens is 359 g/mol. The van der Waals surface area contributed by atoms with Gasteiger partial charge in [0.1, 0.15) is 13.6 Å². The highest BCUT2D eigenvalue weighted by atomic mass is 35.5. The summed E-state index contributed by atoms with van der Waals surface area (Å²) in [4.78, 5) is 28.4. The van der Waals surface area contributed by atoms with Crippen LogP contribution in [0.15, 0.2) is 48.5 Å². The molecule has 0 spiro atoms. The van der Waals surface area contributed by atoms with Crippen LogP contribution in [0.2, 0.25) is 5.02 Å². The van der Waals surface area contributed by atoms with Crippen LogP contribution in [0.3, 0.4) is 0 Å². The highest BCUT2D eigenvalue weighted by molar-refractivity contribution is 7.62. The van der Waals surface area contributed by atoms with Crippen molar-refractivity contribution in [2.24, 2.45) is 0 Å². The second-order valence-electron chi connectivity index (χ2n) is 6.41. The molecule has 0 bridgehead atoms. The predicted molar refractivity (Wildman–Crippen MR) is 101 cm³/mol. The molecule has 1 aliphatic rings. The zero-order valence-corrected chi connectivity index (χ0v) is 15.6. The summed E-state index contributed by atoms with van der Waals surface area (Å²) in [6.07, 6.45) is -0.211. The third-order valence-electron chi connectivity index (χ3n) is 3.82. The number of para-hydroxylation sites is 1. The molecule has 0 atom stereocenters. The van der Waals surface area contributed by atoms with Gasteiger partial charge in [-0.1, -0.05) is 29.8 Å². The van der Waals surface area contributed by atoms with E-state index >= 15 is 0 Å². The number of fused-ring (bicyclic) bond motifs is 1. The first-order valence-corrected chi connectivity index (χ1v) is 10.9. The first-order valence-electron chi connectivity index (χ1n) is 7.78. The number of halogens is 1. The lowest BCUT2D eigenvalue weighted by Gasteiger charge is -2.27. The standard InChI is InChI=1S/C18H18ClN2O3P/c1-25(2,24)12-20-15-9-8-13(19)10-16(15)21(18(23)11-17(20)22)14-6-4-3-5-7-14/h3-10H,11-12H2,1-2H3. The molecule has 5 nitrogen and oxygen atoms in total. The van der Waals surface area contributed by atoms with Crippen molar-refractivity contribution in [1.82, 2.24) is 0 Å². The second-order valence-corrected chi connectivity index (χ2v) is 10.3. The van der Waals surface area contributed by atoms with E-state index < -0.39 is 7.14 Å². The minimum atomic E-state index is -2.53. The van der Waals surface area contributed by atoms with Crippen LogP contribution >= 0.6 is 18.7 Å². The fourth-order valence-electron chi connectivity index (χ4n) is 2.83. The zero-order valence-electron chi connectivity index (χ0n) is 14.0. The lowest BCUT2D eigenvalue weighted by atomic mass is 10.2. The van der Waals surface area contributed by atoms with E-state index in [1.54, 1.807) is 43.7 Å². The van der Waals surface area contributed by atoms with Crippen molar-refractivity contribution in [3.8, 4) is 0 Å². The Hall–Kier alpha value is -2.10. The maximum absolute atomic E-state index is 12.8. The molecule has 0 aromatic heterocycles. The van der Waals surface area contributed by atoms with Crippen molar-refractivity contribution in [3.63, 3.8) is 0 Å². The molecule has 0 saturated heterocycles. The minimum Gasteiger partial charge on any atom is -0.322 e. The van der Waals surface area contributed by atoms with E-state index in [0.717, 1.165) is 0 Å². The number of hydrogen-bond acceptors (Lipinski definition) is 3. The van der Waals surface area contributed by atoms with E-state index in [2.05, 4.69) is 0 Å². The Bertz CT molecular complexity index is 879. The summed E-state index contributed by atoms with van der Waals surface area (Å²) in [5.41, 5.74) is 1.71. The van der Waals surface area contributed by atoms with E-state index in [1.807, 2.05) is 18.2 Å². The Morgan fingerprint density at radius 3 is 2.32 bits per heavy atom. The largest absolute Gasteiger partial charge is 0.322 e. The van der Waals surface area contributed by atoms with Crippen LogP contribution in [0.1, 0.15) is 6.42 Å². The summed E-state index contributed by atoms with van der Waals surface area (Å²) in [6, 6.07) is 14.1. The maximum atomic E-state index is 12.8. The molecule has 0 saturated carbocycles. The van der Waals surface area contributed by atoms with Gasteiger partial charge in [0.05, 0.1) is 17.7 Å². The SMILES string of the molecule is CP(C)(=O)CN1C(=O)CC(=O)N(c2ccccc2)c2cc(Cl)ccc21. The van der Waals surface area contributed by atoms with Gasteiger partial charge in [0.15, 0.2) is 0 Å². The fraction of sp³-hybridized carbons (Fsp3) is 0.222. The molecule has 2 amide bonds. The van der Waals surface area contributed by atoms with Gasteiger partial charge in [0.25, 0.3) is 0 Å². The van der Waals surface area contributed by atoms with Crippen LogP contribution in [-0.4, -0.2) is 31.4 Å². The van der Waals surface area contributed by atoms with Gasteiger partial charge in [-0.2, -0.15) is 0 Å². The van der Waals surface area contributed by atoms with Crippen molar-refractivity contribution in [2.75, 3.05) is 29.4 Å². The highest BCUT2D eigenvalue weighted by Crippen LogP contribution is 2.44. The van der Waals surface area contributed by atoms with E-state index in [1.165, 1.54) is 9.80 Å². The number of amides is 2. The molecule has 7 heteroatoms. The average molecular weight is 377 g/mol. The summed E-state index contributed by atoms with van der Waals surface area (Å²) in [5.74, 6) is -0.708. The molecule has 1 heterocycles. The molecule has 2 aromatic carbocycles. The number of benzene rings is 2. The molecule has 130 valence electrons. The predicted octanol–water partition coefficient (Wildman–Crippen LogP) is 4.32. The van der Waals surface area contributed by atoms with Crippen molar-refractivity contribution >= 4 is 47.6 Å². The van der Waals surface area contributed by atoms with Crippen LogP contribution in [0.5, 0.6) is 0 Å². The number of hydrogen-bond donors (Lipinski definition) is 0. The van der Waals surface area contributed by atoms with Gasteiger partial charge in [-0.05, 0) is 43.7 Å². The lowest BCUT2D eigenvalue weighted by Crippen LogP contribution is -2.32. The molecule has 0 aliphatic carbocycles. The molecule has 0 N–H and O–H groups in total. The number of anilines is 3. The van der Waals surface area contributed by atoms with Gasteiger partial charge in [0.2, 0.25) is 11.8 Å². The van der Waals surface area contributed by atoms with Crippen molar-refractivity contribution in [2.45, 2.75) is 6.42 Å². The summed E-state index contributed by atoms with van der Waals surface area (Å²) in [6.45, 7) is 3.25. The Kier molecular flexibility index (Phi) is 4.72. The molecule has 0 unspecified atom stereocenters. The van der Waals surface area contributed by atoms with E-state index in [9.17, 15) is 14.2 Å². The van der Waals surface area contributed by atoms with Crippen LogP contribution in [0, 0.1) is 0 Å². The Balaban J connectivity index is 2.21. The van der Waals surface area contributed by atoms with Crippen LogP contribution in [0.4, 0.5) is 17.1 Å². The third-order valence-corrected chi connectivity index (χ3v) is 5.02. The molecule has 0 fully saturated rings. The summed E-state index contributed by atoms with van der Waals surface area (Å²) >= 11 is 6.15. The van der Waals surface area contributed by atoms with E-state index in [-0.39, 0.29) is 24.5 Å². The van der Waals surface area contributed by atoms with Crippen molar-refractivity contribution in [3.05, 3.63) is 53.6 Å². The van der Waals surface area contributed by atoms with Crippen LogP contribution < -0.4 is 9.80 Å². The first kappa shape index (κ1) is 17.7. The summed E-state index contributed by atoms with van der Waals surface area (Å²) in [5, 5.41) is 0.456. The topological polar surface area (TPSA) is 57.7 Å². The molecule has 0 radical (unpaired) electrons. The fourth-order valence-corrected chi connectivity index (χ4v) is 3.99. The average Bonchev–Trinajstić information content (AvgIpc) is 2.62. The van der Waals surface area contributed by atoms with Gasteiger partial charge in [-0.3, -0.25) is 14.5 Å². The second kappa shape index (κ2) is 6.66. The van der Waals surface area contributed by atoms with Crippen LogP contribution in [0.25, 0.3) is 0 Å². The maximum Gasteiger partial charge on any atom is 0.241 e. The lowest BCUT2D eigenvalue weighted by molar-refractivity contribution is -0.125. The molecular formula is C18H18ClN2O3P. The minimum absolute atomic E-state index is 0.0797. The van der Waals surface area contributed by atoms with Gasteiger partial charge < -0.3 is 9.46 Å². The normalized spacial score (nSPS) is 15.2. The highest BCUT2D eigenvalue weighted by Gasteiger charge is 2.34. The Morgan fingerprint density at radius 1 is 1.00 bits per heavy atom. The smallest absolute Gasteiger partial charge is 0.241 e. The summed E-state index contributed by atoms with van der Waals surface area (Å²) < 4.78 is 12.3. The van der Waals surface area contributed by atoms with Crippen molar-refractivity contribution < 1.29 is 14.2 Å². The van der Waals surface area contributed by atoms with E-state index in [4.69, 9.17) is 11.6 Å². The molecule has 3 rings (SSSR count). The Labute approximate surface area is 151 Å². The molecule has 25 heavy (non-hydrogen) atoms. The van der Waals surface area contributed by atoms with Crippen LogP contribution in [-0.2, 0) is 14.2 Å². The van der Waals surface area contributed by atoms with Crippen molar-refractivity contribution in [1.29, 1.82) is 0 Å². The monoisotopic (exact) mass is 376 g/mol. The van der Waals surface area contributed by atoms with Gasteiger partial charge in [0, 0.05) is 10.7 Å². The number of carbonyl (C=O) groups is 2. The van der Waals surface area contributed by atoms with Gasteiger partial charge in [-0.25, -0.2) is 0 Å². The van der Waals surface area contributed by atoms with Gasteiger partial charge in [-0.15, -0.1) is 0 Å². The quantitative estimate of drug-likeness (QED) is 0.592. The van der Waals surface area contributed by atoms with E-state index in [0.29, 0.717) is 22.1 Å². The Morgan fingerprint density at radius 2 is 1.68 bits per heavy atom. The third kappa shape index (κ3) is 3.78. The summed E-state index contributed by atoms with van der Waals surface area (Å²) in [7, 11) is -2.53. The number of rotatable bonds is 3. The first-order chi connectivity index (χ1) is 11.8.